The van der Waals surface area contributed by atoms with Gasteiger partial charge in [0.05, 0.1) is 25.0 Å². The lowest BCUT2D eigenvalue weighted by atomic mass is 9.74. The van der Waals surface area contributed by atoms with Crippen molar-refractivity contribution in [2.24, 2.45) is 11.8 Å². The van der Waals surface area contributed by atoms with Gasteiger partial charge in [0.15, 0.2) is 0 Å². The van der Waals surface area contributed by atoms with Crippen LogP contribution in [0.2, 0.25) is 0 Å². The molecule has 2 aromatic rings. The number of anilines is 1. The second-order valence-electron chi connectivity index (χ2n) is 11.1. The first-order valence-corrected chi connectivity index (χ1v) is 15.2. The number of nitrogens with zero attached hydrogens (tertiary/aromatic N) is 1. The fourth-order valence-electron chi connectivity index (χ4n) is 6.86. The van der Waals surface area contributed by atoms with Gasteiger partial charge in [0, 0.05) is 23.2 Å². The molecule has 3 heterocycles. The molecule has 210 valence electrons. The van der Waals surface area contributed by atoms with Gasteiger partial charge in [0.1, 0.15) is 17.4 Å². The minimum Gasteiger partial charge on any atom is -0.497 e. The average Bonchev–Trinajstić information content (AvgIpc) is 3.61. The van der Waals surface area contributed by atoms with Crippen molar-refractivity contribution in [3.05, 3.63) is 66.2 Å². The van der Waals surface area contributed by atoms with Gasteiger partial charge in [0.2, 0.25) is 17.7 Å². The van der Waals surface area contributed by atoms with Crippen molar-refractivity contribution in [2.75, 3.05) is 18.7 Å². The number of carbonyl (C=O) groups is 3. The van der Waals surface area contributed by atoms with E-state index in [-0.39, 0.29) is 30.3 Å². The van der Waals surface area contributed by atoms with Crippen molar-refractivity contribution in [2.45, 2.75) is 67.3 Å². The third-order valence-electron chi connectivity index (χ3n) is 8.70. The number of likely N-dealkylation sites (tertiary alicyclic amines) is 1. The maximum absolute atomic E-state index is 14.2. The molecule has 2 aromatic carbocycles. The SMILES string of the molecule is COc1cccc(CN2C(=O)[C@@H]3[C@@H](C(=O)Nc4cccc(SC)c4)[C@@H]4C=C[C@@]3(O4)[C@@H]2C(=O)NC2CCCCC2)c1. The summed E-state index contributed by atoms with van der Waals surface area (Å²) in [7, 11) is 1.60. The molecule has 3 amide bonds. The summed E-state index contributed by atoms with van der Waals surface area (Å²) in [6, 6.07) is 14.3. The number of amides is 3. The Morgan fingerprint density at radius 1 is 1.10 bits per heavy atom. The van der Waals surface area contributed by atoms with E-state index in [1.807, 2.05) is 66.9 Å². The number of hydrogen-bond donors (Lipinski definition) is 2. The van der Waals surface area contributed by atoms with E-state index in [9.17, 15) is 14.4 Å². The topological polar surface area (TPSA) is 97.0 Å². The highest BCUT2D eigenvalue weighted by Crippen LogP contribution is 2.55. The molecular formula is C31H35N3O5S. The Morgan fingerprint density at radius 3 is 2.67 bits per heavy atom. The Balaban J connectivity index is 1.32. The van der Waals surface area contributed by atoms with Crippen LogP contribution < -0.4 is 15.4 Å². The molecule has 9 heteroatoms. The molecule has 2 N–H and O–H groups in total. The number of ether oxygens (including phenoxy) is 2. The second-order valence-corrected chi connectivity index (χ2v) is 12.0. The molecule has 4 aliphatic rings. The third-order valence-corrected chi connectivity index (χ3v) is 9.43. The van der Waals surface area contributed by atoms with Gasteiger partial charge in [-0.25, -0.2) is 0 Å². The zero-order valence-electron chi connectivity index (χ0n) is 22.8. The van der Waals surface area contributed by atoms with Gasteiger partial charge in [-0.2, -0.15) is 0 Å². The van der Waals surface area contributed by atoms with E-state index < -0.39 is 29.6 Å². The number of fused-ring (bicyclic) bond motifs is 1. The zero-order valence-corrected chi connectivity index (χ0v) is 23.6. The largest absolute Gasteiger partial charge is 0.497 e. The number of nitrogens with one attached hydrogen (secondary N) is 2. The molecule has 1 saturated carbocycles. The highest BCUT2D eigenvalue weighted by molar-refractivity contribution is 7.98. The normalized spacial score (nSPS) is 28.9. The summed E-state index contributed by atoms with van der Waals surface area (Å²) in [6.45, 7) is 0.211. The fourth-order valence-corrected chi connectivity index (χ4v) is 7.32. The number of carbonyl (C=O) groups excluding carboxylic acids is 3. The first kappa shape index (κ1) is 26.9. The summed E-state index contributed by atoms with van der Waals surface area (Å²) in [4.78, 5) is 44.6. The van der Waals surface area contributed by atoms with Crippen LogP contribution in [0.25, 0.3) is 0 Å². The quantitative estimate of drug-likeness (QED) is 0.371. The van der Waals surface area contributed by atoms with Crippen LogP contribution in [0.15, 0.2) is 65.6 Å². The Kier molecular flexibility index (Phi) is 7.35. The van der Waals surface area contributed by atoms with Crippen LogP contribution in [0, 0.1) is 11.8 Å². The van der Waals surface area contributed by atoms with Gasteiger partial charge < -0.3 is 25.0 Å². The van der Waals surface area contributed by atoms with Crippen LogP contribution in [-0.4, -0.2) is 59.8 Å². The molecular weight excluding hydrogens is 526 g/mol. The van der Waals surface area contributed by atoms with Crippen LogP contribution in [0.4, 0.5) is 5.69 Å². The molecule has 6 rings (SSSR count). The zero-order chi connectivity index (χ0) is 27.9. The average molecular weight is 562 g/mol. The van der Waals surface area contributed by atoms with Gasteiger partial charge in [-0.3, -0.25) is 14.4 Å². The van der Waals surface area contributed by atoms with Crippen molar-refractivity contribution in [1.29, 1.82) is 0 Å². The summed E-state index contributed by atoms with van der Waals surface area (Å²) >= 11 is 1.59. The van der Waals surface area contributed by atoms with E-state index in [0.717, 1.165) is 36.1 Å². The minimum atomic E-state index is -1.19. The summed E-state index contributed by atoms with van der Waals surface area (Å²) in [5, 5.41) is 6.24. The van der Waals surface area contributed by atoms with E-state index in [2.05, 4.69) is 10.6 Å². The Morgan fingerprint density at radius 2 is 1.90 bits per heavy atom. The molecule has 0 unspecified atom stereocenters. The van der Waals surface area contributed by atoms with Crippen LogP contribution in [0.3, 0.4) is 0 Å². The van der Waals surface area contributed by atoms with E-state index >= 15 is 0 Å². The predicted molar refractivity (Wildman–Crippen MR) is 153 cm³/mol. The summed E-state index contributed by atoms with van der Waals surface area (Å²) in [6.07, 6.45) is 10.3. The standard InChI is InChI=1S/C31H35N3O5S/c1-38-22-12-6-8-19(16-22)18-34-27(29(36)32-20-9-4-3-5-10-20)31-15-14-24(39-31)25(26(31)30(34)37)28(35)33-21-11-7-13-23(17-21)40-2/h6-8,11-17,20,24-27H,3-5,9-10,18H2,1-2H3,(H,32,36)(H,33,35)/t24-,25-,26-,27-,31-/m0/s1. The van der Waals surface area contributed by atoms with E-state index in [0.29, 0.717) is 11.4 Å². The van der Waals surface area contributed by atoms with Crippen LogP contribution >= 0.6 is 11.8 Å². The lowest BCUT2D eigenvalue weighted by molar-refractivity contribution is -0.142. The summed E-state index contributed by atoms with van der Waals surface area (Å²) < 4.78 is 11.9. The van der Waals surface area contributed by atoms with Gasteiger partial charge in [0.25, 0.3) is 0 Å². The van der Waals surface area contributed by atoms with E-state index in [4.69, 9.17) is 9.47 Å². The van der Waals surface area contributed by atoms with E-state index in [1.54, 1.807) is 23.8 Å². The molecule has 1 aliphatic carbocycles. The number of benzene rings is 2. The lowest BCUT2D eigenvalue weighted by Gasteiger charge is -2.34. The Bertz CT molecular complexity index is 1340. The maximum Gasteiger partial charge on any atom is 0.246 e. The third kappa shape index (κ3) is 4.69. The second kappa shape index (κ2) is 10.9. The summed E-state index contributed by atoms with van der Waals surface area (Å²) in [5.41, 5.74) is 0.318. The Hall–Kier alpha value is -3.30. The lowest BCUT2D eigenvalue weighted by Crippen LogP contribution is -2.56. The van der Waals surface area contributed by atoms with Crippen molar-refractivity contribution in [3.63, 3.8) is 0 Å². The summed E-state index contributed by atoms with van der Waals surface area (Å²) in [5.74, 6) is -1.59. The first-order chi connectivity index (χ1) is 19.4. The molecule has 8 nitrogen and oxygen atoms in total. The molecule has 0 aromatic heterocycles. The number of hydrogen-bond acceptors (Lipinski definition) is 6. The van der Waals surface area contributed by atoms with Gasteiger partial charge in [-0.15, -0.1) is 11.8 Å². The van der Waals surface area contributed by atoms with Crippen molar-refractivity contribution in [3.8, 4) is 5.75 Å². The van der Waals surface area contributed by atoms with Crippen LogP contribution in [0.5, 0.6) is 5.75 Å². The monoisotopic (exact) mass is 561 g/mol. The van der Waals surface area contributed by atoms with Crippen molar-refractivity contribution in [1.82, 2.24) is 10.2 Å². The molecule has 40 heavy (non-hydrogen) atoms. The first-order valence-electron chi connectivity index (χ1n) is 14.0. The number of methoxy groups -OCH3 is 1. The molecule has 5 atom stereocenters. The molecule has 3 fully saturated rings. The maximum atomic E-state index is 14.2. The fraction of sp³-hybridized carbons (Fsp3) is 0.452. The predicted octanol–water partition coefficient (Wildman–Crippen LogP) is 4.16. The van der Waals surface area contributed by atoms with Crippen molar-refractivity contribution >= 4 is 35.2 Å². The van der Waals surface area contributed by atoms with Gasteiger partial charge >= 0.3 is 0 Å². The molecule has 0 radical (unpaired) electrons. The Labute approximate surface area is 238 Å². The molecule has 2 saturated heterocycles. The van der Waals surface area contributed by atoms with Gasteiger partial charge in [-0.05, 0) is 55.0 Å². The van der Waals surface area contributed by atoms with Gasteiger partial charge in [-0.1, -0.05) is 49.6 Å². The minimum absolute atomic E-state index is 0.0795. The molecule has 2 bridgehead atoms. The van der Waals surface area contributed by atoms with E-state index in [1.165, 1.54) is 6.42 Å². The van der Waals surface area contributed by atoms with Crippen molar-refractivity contribution < 1.29 is 23.9 Å². The molecule has 3 aliphatic heterocycles. The highest BCUT2D eigenvalue weighted by atomic mass is 32.2. The van der Waals surface area contributed by atoms with Crippen LogP contribution in [-0.2, 0) is 25.7 Å². The smallest absolute Gasteiger partial charge is 0.246 e. The number of thioether (sulfide) groups is 1. The van der Waals surface area contributed by atoms with Crippen LogP contribution in [0.1, 0.15) is 37.7 Å². The molecule has 1 spiro atoms. The number of rotatable bonds is 8. The highest BCUT2D eigenvalue weighted by Gasteiger charge is 2.72.